The van der Waals surface area contributed by atoms with Gasteiger partial charge in [0.1, 0.15) is 5.75 Å². The predicted molar refractivity (Wildman–Crippen MR) is 93.1 cm³/mol. The Morgan fingerprint density at radius 2 is 1.91 bits per heavy atom. The van der Waals surface area contributed by atoms with Crippen molar-refractivity contribution in [2.75, 3.05) is 7.11 Å². The molecule has 0 spiro atoms. The molecule has 0 unspecified atom stereocenters. The molecule has 0 aliphatic rings. The molecule has 2 aromatic heterocycles. The molecule has 0 saturated heterocycles. The number of aromatic amines is 1. The molecule has 0 bridgehead atoms. The number of ether oxygens (including phenoxy) is 1. The average molecular weight is 308 g/mol. The number of fused-ring (bicyclic) bond motifs is 1. The van der Waals surface area contributed by atoms with E-state index in [1.54, 1.807) is 31.6 Å². The zero-order valence-electron chi connectivity index (χ0n) is 13.8. The highest BCUT2D eigenvalue weighted by Gasteiger charge is 2.17. The number of benzene rings is 1. The number of aromatic nitrogens is 2. The Balaban J connectivity index is 2.20. The molecular weight excluding hydrogens is 288 g/mol. The summed E-state index contributed by atoms with van der Waals surface area (Å²) < 4.78 is 5.55. The van der Waals surface area contributed by atoms with Crippen LogP contribution in [0.25, 0.3) is 22.2 Å². The van der Waals surface area contributed by atoms with Crippen LogP contribution in [0, 0.1) is 0 Å². The Kier molecular flexibility index (Phi) is 3.68. The van der Waals surface area contributed by atoms with Crippen molar-refractivity contribution in [3.05, 3.63) is 58.5 Å². The molecule has 4 nitrogen and oxygen atoms in total. The summed E-state index contributed by atoms with van der Waals surface area (Å²) in [4.78, 5) is 19.6. The van der Waals surface area contributed by atoms with E-state index in [1.807, 2.05) is 12.1 Å². The second kappa shape index (κ2) is 5.54. The molecule has 0 aliphatic carbocycles. The lowest BCUT2D eigenvalue weighted by molar-refractivity contribution is 0.414. The number of hydrogen-bond acceptors (Lipinski definition) is 3. The number of H-pyrrole nitrogens is 1. The number of pyridine rings is 2. The molecular formula is C19H20N2O2. The van der Waals surface area contributed by atoms with Gasteiger partial charge < -0.3 is 9.72 Å². The van der Waals surface area contributed by atoms with Gasteiger partial charge in [0.2, 0.25) is 0 Å². The summed E-state index contributed by atoms with van der Waals surface area (Å²) >= 11 is 0. The van der Waals surface area contributed by atoms with E-state index in [2.05, 4.69) is 36.8 Å². The van der Waals surface area contributed by atoms with Crippen molar-refractivity contribution < 1.29 is 4.74 Å². The van der Waals surface area contributed by atoms with Gasteiger partial charge in [-0.25, -0.2) is 0 Å². The van der Waals surface area contributed by atoms with E-state index in [4.69, 9.17) is 4.74 Å². The quantitative estimate of drug-likeness (QED) is 0.781. The summed E-state index contributed by atoms with van der Waals surface area (Å²) in [5.74, 6) is 0.751. The minimum atomic E-state index is -0.0520. The van der Waals surface area contributed by atoms with Crippen molar-refractivity contribution in [2.45, 2.75) is 26.2 Å². The van der Waals surface area contributed by atoms with E-state index in [0.29, 0.717) is 5.39 Å². The van der Waals surface area contributed by atoms with Gasteiger partial charge in [0, 0.05) is 24.0 Å². The Labute approximate surface area is 135 Å². The molecule has 0 atom stereocenters. The van der Waals surface area contributed by atoms with Gasteiger partial charge in [-0.05, 0) is 29.2 Å². The SMILES string of the molecule is COc1cc(C(C)(C)C)ccc1-c1cc(=O)c2cnccc2[nH]1. The minimum Gasteiger partial charge on any atom is -0.496 e. The fourth-order valence-electron chi connectivity index (χ4n) is 2.62. The molecule has 118 valence electrons. The summed E-state index contributed by atoms with van der Waals surface area (Å²) in [5.41, 5.74) is 3.55. The van der Waals surface area contributed by atoms with Crippen LogP contribution < -0.4 is 10.2 Å². The highest BCUT2D eigenvalue weighted by Crippen LogP contribution is 2.33. The molecule has 23 heavy (non-hydrogen) atoms. The third-order valence-electron chi connectivity index (χ3n) is 3.99. The first-order valence-corrected chi connectivity index (χ1v) is 7.56. The van der Waals surface area contributed by atoms with Crippen LogP contribution in [0.2, 0.25) is 0 Å². The Morgan fingerprint density at radius 3 is 2.61 bits per heavy atom. The van der Waals surface area contributed by atoms with Gasteiger partial charge in [-0.1, -0.05) is 26.8 Å². The van der Waals surface area contributed by atoms with E-state index in [-0.39, 0.29) is 10.8 Å². The maximum atomic E-state index is 12.3. The van der Waals surface area contributed by atoms with Crippen molar-refractivity contribution in [3.8, 4) is 17.0 Å². The summed E-state index contributed by atoms with van der Waals surface area (Å²) in [6.07, 6.45) is 3.25. The monoisotopic (exact) mass is 308 g/mol. The van der Waals surface area contributed by atoms with E-state index >= 15 is 0 Å². The fraction of sp³-hybridized carbons (Fsp3) is 0.263. The van der Waals surface area contributed by atoms with Gasteiger partial charge in [-0.15, -0.1) is 0 Å². The first kappa shape index (κ1) is 15.3. The lowest BCUT2D eigenvalue weighted by atomic mass is 9.86. The third kappa shape index (κ3) is 2.84. The summed E-state index contributed by atoms with van der Waals surface area (Å²) in [6, 6.07) is 9.50. The molecule has 0 fully saturated rings. The Bertz CT molecular complexity index is 921. The maximum absolute atomic E-state index is 12.3. The van der Waals surface area contributed by atoms with Gasteiger partial charge in [-0.2, -0.15) is 0 Å². The molecule has 1 N–H and O–H groups in total. The van der Waals surface area contributed by atoms with Crippen molar-refractivity contribution >= 4 is 10.9 Å². The first-order valence-electron chi connectivity index (χ1n) is 7.56. The number of methoxy groups -OCH3 is 1. The molecule has 3 aromatic rings. The highest BCUT2D eigenvalue weighted by atomic mass is 16.5. The van der Waals surface area contributed by atoms with Crippen LogP contribution in [0.5, 0.6) is 5.75 Å². The zero-order chi connectivity index (χ0) is 16.6. The van der Waals surface area contributed by atoms with Crippen molar-refractivity contribution in [3.63, 3.8) is 0 Å². The Hall–Kier alpha value is -2.62. The lowest BCUT2D eigenvalue weighted by Crippen LogP contribution is -2.11. The zero-order valence-corrected chi connectivity index (χ0v) is 13.8. The van der Waals surface area contributed by atoms with Crippen molar-refractivity contribution in [2.24, 2.45) is 0 Å². The number of hydrogen-bond donors (Lipinski definition) is 1. The number of nitrogens with one attached hydrogen (secondary N) is 1. The molecule has 0 saturated carbocycles. The van der Waals surface area contributed by atoms with Crippen molar-refractivity contribution in [1.82, 2.24) is 9.97 Å². The second-order valence-corrected chi connectivity index (χ2v) is 6.63. The van der Waals surface area contributed by atoms with Gasteiger partial charge in [0.25, 0.3) is 0 Å². The molecule has 0 radical (unpaired) electrons. The van der Waals surface area contributed by atoms with Gasteiger partial charge in [0.05, 0.1) is 23.7 Å². The maximum Gasteiger partial charge on any atom is 0.191 e. The lowest BCUT2D eigenvalue weighted by Gasteiger charge is -2.21. The van der Waals surface area contributed by atoms with E-state index < -0.39 is 0 Å². The second-order valence-electron chi connectivity index (χ2n) is 6.63. The molecule has 3 rings (SSSR count). The van der Waals surface area contributed by atoms with E-state index in [1.165, 1.54) is 5.56 Å². The topological polar surface area (TPSA) is 55.0 Å². The summed E-state index contributed by atoms with van der Waals surface area (Å²) in [6.45, 7) is 6.48. The first-order chi connectivity index (χ1) is 10.9. The average Bonchev–Trinajstić information content (AvgIpc) is 2.53. The van der Waals surface area contributed by atoms with E-state index in [9.17, 15) is 4.79 Å². The largest absolute Gasteiger partial charge is 0.496 e. The Morgan fingerprint density at radius 1 is 1.13 bits per heavy atom. The third-order valence-corrected chi connectivity index (χ3v) is 3.99. The molecule has 4 heteroatoms. The summed E-state index contributed by atoms with van der Waals surface area (Å²) in [7, 11) is 1.65. The van der Waals surface area contributed by atoms with Crippen LogP contribution in [-0.4, -0.2) is 17.1 Å². The van der Waals surface area contributed by atoms with Gasteiger partial charge in [-0.3, -0.25) is 9.78 Å². The van der Waals surface area contributed by atoms with Crippen LogP contribution in [0.3, 0.4) is 0 Å². The normalized spacial score (nSPS) is 11.7. The molecule has 0 amide bonds. The number of nitrogens with zero attached hydrogens (tertiary/aromatic N) is 1. The molecule has 2 heterocycles. The number of rotatable bonds is 2. The molecule has 1 aromatic carbocycles. The highest BCUT2D eigenvalue weighted by molar-refractivity contribution is 5.81. The van der Waals surface area contributed by atoms with Gasteiger partial charge >= 0.3 is 0 Å². The van der Waals surface area contributed by atoms with Crippen LogP contribution >= 0.6 is 0 Å². The van der Waals surface area contributed by atoms with Crippen LogP contribution in [0.15, 0.2) is 47.5 Å². The van der Waals surface area contributed by atoms with Crippen molar-refractivity contribution in [1.29, 1.82) is 0 Å². The van der Waals surface area contributed by atoms with Gasteiger partial charge in [0.15, 0.2) is 5.43 Å². The minimum absolute atomic E-state index is 0.0360. The smallest absolute Gasteiger partial charge is 0.191 e. The van der Waals surface area contributed by atoms with E-state index in [0.717, 1.165) is 22.5 Å². The fourth-order valence-corrected chi connectivity index (χ4v) is 2.62. The van der Waals surface area contributed by atoms with Crippen LogP contribution in [0.1, 0.15) is 26.3 Å². The molecule has 0 aliphatic heterocycles. The predicted octanol–water partition coefficient (Wildman–Crippen LogP) is 3.90. The van der Waals surface area contributed by atoms with Crippen LogP contribution in [0.4, 0.5) is 0 Å². The standard InChI is InChI=1S/C19H20N2O2/c1-19(2,3)12-5-6-13(18(9-12)23-4)16-10-17(22)14-11-20-8-7-15(14)21-16/h5-11H,1-4H3,(H,21,22). The summed E-state index contributed by atoms with van der Waals surface area (Å²) in [5, 5.41) is 0.585. The van der Waals surface area contributed by atoms with Crippen LogP contribution in [-0.2, 0) is 5.41 Å².